The van der Waals surface area contributed by atoms with Gasteiger partial charge in [-0.3, -0.25) is 4.79 Å². The Morgan fingerprint density at radius 3 is 2.70 bits per heavy atom. The zero-order valence-corrected chi connectivity index (χ0v) is 12.3. The van der Waals surface area contributed by atoms with Crippen molar-refractivity contribution in [2.24, 2.45) is 0 Å². The summed E-state index contributed by atoms with van der Waals surface area (Å²) in [6.07, 6.45) is 2.02. The summed E-state index contributed by atoms with van der Waals surface area (Å²) in [6.45, 7) is 0. The molecule has 104 valence electrons. The monoisotopic (exact) mass is 287 g/mol. The van der Waals surface area contributed by atoms with Crippen molar-refractivity contribution in [1.29, 1.82) is 0 Å². The van der Waals surface area contributed by atoms with E-state index in [0.717, 1.165) is 10.6 Å². The van der Waals surface area contributed by atoms with Gasteiger partial charge in [0.15, 0.2) is 0 Å². The maximum Gasteiger partial charge on any atom is 0.253 e. The molecule has 0 saturated carbocycles. The normalized spacial score (nSPS) is 10.1. The van der Waals surface area contributed by atoms with Crippen molar-refractivity contribution in [3.8, 4) is 0 Å². The lowest BCUT2D eigenvalue weighted by molar-refractivity contribution is 0.0964. The zero-order chi connectivity index (χ0) is 14.5. The minimum atomic E-state index is -0.145. The lowest BCUT2D eigenvalue weighted by Gasteiger charge is -2.12. The van der Waals surface area contributed by atoms with Crippen LogP contribution in [0.5, 0.6) is 0 Å². The second-order valence-corrected chi connectivity index (χ2v) is 5.12. The van der Waals surface area contributed by atoms with Gasteiger partial charge in [-0.25, -0.2) is 0 Å². The van der Waals surface area contributed by atoms with Crippen LogP contribution in [-0.4, -0.2) is 19.2 Å². The fraction of sp³-hybridized carbons (Fsp3) is 0.133. The van der Waals surface area contributed by atoms with Gasteiger partial charge >= 0.3 is 0 Å². The van der Waals surface area contributed by atoms with Crippen molar-refractivity contribution < 1.29 is 4.79 Å². The molecule has 0 saturated heterocycles. The first-order valence-corrected chi connectivity index (χ1v) is 7.39. The third-order valence-corrected chi connectivity index (χ3v) is 3.59. The summed E-state index contributed by atoms with van der Waals surface area (Å²) >= 11 is 1.67. The average molecular weight is 287 g/mol. The molecule has 0 aliphatic carbocycles. The molecule has 5 heteroatoms. The molecule has 4 N–H and O–H groups in total. The molecule has 0 aromatic heterocycles. The molecule has 0 heterocycles. The van der Waals surface area contributed by atoms with Gasteiger partial charge in [0.1, 0.15) is 0 Å². The lowest BCUT2D eigenvalue weighted by Crippen LogP contribution is -2.19. The van der Waals surface area contributed by atoms with Gasteiger partial charge in [0.05, 0.1) is 11.3 Å². The van der Waals surface area contributed by atoms with Gasteiger partial charge in [0.25, 0.3) is 5.91 Å². The maximum absolute atomic E-state index is 11.9. The van der Waals surface area contributed by atoms with Gasteiger partial charge in [-0.1, -0.05) is 6.07 Å². The summed E-state index contributed by atoms with van der Waals surface area (Å²) in [5, 5.41) is 5.87. The smallest absolute Gasteiger partial charge is 0.253 e. The van der Waals surface area contributed by atoms with E-state index in [2.05, 4.69) is 10.6 Å². The molecule has 0 fully saturated rings. The third-order valence-electron chi connectivity index (χ3n) is 2.86. The van der Waals surface area contributed by atoms with Crippen LogP contribution in [0.25, 0.3) is 0 Å². The molecule has 0 atom stereocenters. The molecule has 0 radical (unpaired) electrons. The molecule has 0 bridgehead atoms. The molecular formula is C15H17N3OS. The zero-order valence-electron chi connectivity index (χ0n) is 11.4. The first-order chi connectivity index (χ1) is 9.63. The van der Waals surface area contributed by atoms with Gasteiger partial charge in [0, 0.05) is 23.3 Å². The fourth-order valence-corrected chi connectivity index (χ4v) is 2.31. The van der Waals surface area contributed by atoms with Crippen LogP contribution in [-0.2, 0) is 0 Å². The Hall–Kier alpha value is -2.14. The van der Waals surface area contributed by atoms with E-state index >= 15 is 0 Å². The van der Waals surface area contributed by atoms with Gasteiger partial charge in [0.2, 0.25) is 0 Å². The number of nitrogens with one attached hydrogen (secondary N) is 2. The summed E-state index contributed by atoms with van der Waals surface area (Å²) in [4.78, 5) is 13.0. The van der Waals surface area contributed by atoms with Crippen molar-refractivity contribution in [2.45, 2.75) is 4.90 Å². The lowest BCUT2D eigenvalue weighted by atomic mass is 10.1. The molecule has 1 amide bonds. The molecule has 2 rings (SSSR count). The summed E-state index contributed by atoms with van der Waals surface area (Å²) in [5.74, 6) is -0.145. The second kappa shape index (κ2) is 6.34. The Labute approximate surface area is 122 Å². The number of rotatable bonds is 4. The van der Waals surface area contributed by atoms with E-state index in [4.69, 9.17) is 5.73 Å². The van der Waals surface area contributed by atoms with Crippen LogP contribution in [0.15, 0.2) is 47.4 Å². The summed E-state index contributed by atoms with van der Waals surface area (Å²) in [6, 6.07) is 13.2. The quantitative estimate of drug-likeness (QED) is 0.597. The Morgan fingerprint density at radius 2 is 2.00 bits per heavy atom. The number of nitrogens with two attached hydrogens (primary N) is 1. The Kier molecular flexibility index (Phi) is 4.53. The highest BCUT2D eigenvalue weighted by molar-refractivity contribution is 7.98. The molecule has 0 aliphatic heterocycles. The molecule has 0 spiro atoms. The van der Waals surface area contributed by atoms with Crippen molar-refractivity contribution >= 4 is 34.7 Å². The Morgan fingerprint density at radius 1 is 1.20 bits per heavy atom. The first-order valence-electron chi connectivity index (χ1n) is 6.16. The minimum Gasteiger partial charge on any atom is -0.399 e. The van der Waals surface area contributed by atoms with E-state index in [9.17, 15) is 4.79 Å². The number of benzene rings is 2. The van der Waals surface area contributed by atoms with E-state index in [0.29, 0.717) is 16.9 Å². The fourth-order valence-electron chi connectivity index (χ4n) is 1.85. The van der Waals surface area contributed by atoms with E-state index < -0.39 is 0 Å². The highest BCUT2D eigenvalue weighted by atomic mass is 32.2. The predicted molar refractivity (Wildman–Crippen MR) is 85.8 cm³/mol. The molecular weight excluding hydrogens is 270 g/mol. The Balaban J connectivity index is 2.36. The number of carbonyl (C=O) groups excluding carboxylic acids is 1. The van der Waals surface area contributed by atoms with E-state index in [-0.39, 0.29) is 5.91 Å². The predicted octanol–water partition coefficient (Wildman–Crippen LogP) is 3.09. The number of thioether (sulfide) groups is 1. The van der Waals surface area contributed by atoms with Crippen molar-refractivity contribution in [2.75, 3.05) is 24.4 Å². The largest absolute Gasteiger partial charge is 0.399 e. The molecule has 20 heavy (non-hydrogen) atoms. The number of anilines is 3. The van der Waals surface area contributed by atoms with Crippen LogP contribution in [0.2, 0.25) is 0 Å². The summed E-state index contributed by atoms with van der Waals surface area (Å²) in [5.41, 5.74) is 8.60. The number of hydrogen-bond donors (Lipinski definition) is 3. The van der Waals surface area contributed by atoms with Crippen molar-refractivity contribution in [3.63, 3.8) is 0 Å². The molecule has 2 aromatic rings. The molecule has 2 aromatic carbocycles. The number of amides is 1. The number of nitrogen functional groups attached to an aromatic ring is 1. The highest BCUT2D eigenvalue weighted by Crippen LogP contribution is 2.26. The van der Waals surface area contributed by atoms with Crippen molar-refractivity contribution in [3.05, 3.63) is 48.0 Å². The molecule has 4 nitrogen and oxygen atoms in total. The summed E-state index contributed by atoms with van der Waals surface area (Å²) in [7, 11) is 1.61. The standard InChI is InChI=1S/C15H17N3OS/c1-17-15(19)13-7-6-10(16)8-14(13)18-11-4-3-5-12(9-11)20-2/h3-9,18H,16H2,1-2H3,(H,17,19). The van der Waals surface area contributed by atoms with Crippen LogP contribution in [0.3, 0.4) is 0 Å². The van der Waals surface area contributed by atoms with Crippen LogP contribution >= 0.6 is 11.8 Å². The van der Waals surface area contributed by atoms with Crippen LogP contribution in [0, 0.1) is 0 Å². The van der Waals surface area contributed by atoms with E-state index in [1.54, 1.807) is 37.0 Å². The SMILES string of the molecule is CNC(=O)c1ccc(N)cc1Nc1cccc(SC)c1. The minimum absolute atomic E-state index is 0.145. The molecule has 0 unspecified atom stereocenters. The summed E-state index contributed by atoms with van der Waals surface area (Å²) < 4.78 is 0. The van der Waals surface area contributed by atoms with Crippen LogP contribution < -0.4 is 16.4 Å². The van der Waals surface area contributed by atoms with Gasteiger partial charge < -0.3 is 16.4 Å². The van der Waals surface area contributed by atoms with Gasteiger partial charge in [-0.15, -0.1) is 11.8 Å². The molecule has 0 aliphatic rings. The number of carbonyl (C=O) groups is 1. The second-order valence-electron chi connectivity index (χ2n) is 4.24. The number of hydrogen-bond acceptors (Lipinski definition) is 4. The topological polar surface area (TPSA) is 67.2 Å². The highest BCUT2D eigenvalue weighted by Gasteiger charge is 2.10. The third kappa shape index (κ3) is 3.24. The van der Waals surface area contributed by atoms with Crippen LogP contribution in [0.1, 0.15) is 10.4 Å². The van der Waals surface area contributed by atoms with E-state index in [1.165, 1.54) is 0 Å². The maximum atomic E-state index is 11.9. The van der Waals surface area contributed by atoms with E-state index in [1.807, 2.05) is 30.5 Å². The van der Waals surface area contributed by atoms with Crippen LogP contribution in [0.4, 0.5) is 17.1 Å². The first kappa shape index (κ1) is 14.3. The van der Waals surface area contributed by atoms with Gasteiger partial charge in [-0.2, -0.15) is 0 Å². The van der Waals surface area contributed by atoms with Gasteiger partial charge in [-0.05, 0) is 42.7 Å². The van der Waals surface area contributed by atoms with Crippen molar-refractivity contribution in [1.82, 2.24) is 5.32 Å². The average Bonchev–Trinajstić information content (AvgIpc) is 2.47. The Bertz CT molecular complexity index is 628.